The molecule has 1 unspecified atom stereocenters. The molecule has 0 N–H and O–H groups in total. The van der Waals surface area contributed by atoms with E-state index in [1.807, 2.05) is 39.8 Å². The second-order valence-electron chi connectivity index (χ2n) is 8.17. The fraction of sp³-hybridized carbons (Fsp3) is 0.600. The van der Waals surface area contributed by atoms with Gasteiger partial charge in [0, 0.05) is 23.9 Å². The maximum Gasteiger partial charge on any atom is 0.433 e. The van der Waals surface area contributed by atoms with Crippen molar-refractivity contribution in [2.45, 2.75) is 64.9 Å². The van der Waals surface area contributed by atoms with Crippen molar-refractivity contribution in [3.8, 4) is 5.75 Å². The number of aryl methyl sites for hydroxylation is 1. The van der Waals surface area contributed by atoms with Crippen molar-refractivity contribution in [2.24, 2.45) is 10.9 Å². The molecule has 0 spiro atoms. The first-order chi connectivity index (χ1) is 12.8. The summed E-state index contributed by atoms with van der Waals surface area (Å²) in [6.07, 6.45) is 5.27. The van der Waals surface area contributed by atoms with Gasteiger partial charge in [0.1, 0.15) is 17.2 Å². The van der Waals surface area contributed by atoms with Gasteiger partial charge < -0.3 is 9.47 Å². The van der Waals surface area contributed by atoms with Crippen LogP contribution in [0.1, 0.15) is 63.9 Å². The molecule has 146 valence electrons. The van der Waals surface area contributed by atoms with Crippen molar-refractivity contribution in [1.82, 2.24) is 14.6 Å². The van der Waals surface area contributed by atoms with E-state index < -0.39 is 11.7 Å². The molecule has 1 saturated carbocycles. The van der Waals surface area contributed by atoms with Crippen molar-refractivity contribution >= 4 is 18.0 Å². The first-order valence-electron chi connectivity index (χ1n) is 9.43. The number of methoxy groups -OCH3 is 1. The van der Waals surface area contributed by atoms with Crippen molar-refractivity contribution in [3.05, 3.63) is 23.7 Å². The SMILES string of the molecule is COc1cc(C)n2c([C@H]3CCCC(C=NC(=O)OC(C)(C)C)C3)nnc2c1. The fourth-order valence-electron chi connectivity index (χ4n) is 3.64. The standard InChI is InChI=1S/C20H28N4O3/c1-13-9-16(26-5)11-17-22-23-18(24(13)17)15-8-6-7-14(10-15)12-21-19(25)27-20(2,3)4/h9,11-12,14-15H,6-8,10H2,1-5H3/t14?,15-/m0/s1. The summed E-state index contributed by atoms with van der Waals surface area (Å²) < 4.78 is 12.7. The number of fused-ring (bicyclic) bond motifs is 1. The number of rotatable bonds is 3. The van der Waals surface area contributed by atoms with Gasteiger partial charge in [0.15, 0.2) is 5.65 Å². The maximum atomic E-state index is 11.8. The van der Waals surface area contributed by atoms with E-state index in [1.54, 1.807) is 13.3 Å². The Hall–Kier alpha value is -2.44. The quantitative estimate of drug-likeness (QED) is 0.750. The number of hydrogen-bond acceptors (Lipinski definition) is 5. The molecule has 2 atom stereocenters. The highest BCUT2D eigenvalue weighted by atomic mass is 16.6. The Labute approximate surface area is 159 Å². The summed E-state index contributed by atoms with van der Waals surface area (Å²) in [7, 11) is 1.65. The van der Waals surface area contributed by atoms with Gasteiger partial charge in [-0.1, -0.05) is 6.42 Å². The van der Waals surface area contributed by atoms with Crippen molar-refractivity contribution < 1.29 is 14.3 Å². The molecule has 7 heteroatoms. The topological polar surface area (TPSA) is 78.1 Å². The second kappa shape index (κ2) is 7.66. The molecule has 3 rings (SSSR count). The van der Waals surface area contributed by atoms with E-state index in [9.17, 15) is 4.79 Å². The van der Waals surface area contributed by atoms with Gasteiger partial charge >= 0.3 is 6.09 Å². The molecular formula is C20H28N4O3. The van der Waals surface area contributed by atoms with E-state index in [4.69, 9.17) is 9.47 Å². The lowest BCUT2D eigenvalue weighted by molar-refractivity contribution is 0.0604. The first kappa shape index (κ1) is 19.3. The van der Waals surface area contributed by atoms with E-state index >= 15 is 0 Å². The van der Waals surface area contributed by atoms with Crippen LogP contribution in [-0.2, 0) is 4.74 Å². The zero-order valence-corrected chi connectivity index (χ0v) is 16.7. The van der Waals surface area contributed by atoms with Crippen LogP contribution in [-0.4, -0.2) is 39.6 Å². The molecule has 2 heterocycles. The highest BCUT2D eigenvalue weighted by Crippen LogP contribution is 2.35. The molecule has 1 amide bonds. The Morgan fingerprint density at radius 3 is 2.78 bits per heavy atom. The summed E-state index contributed by atoms with van der Waals surface area (Å²) in [5.74, 6) is 2.28. The zero-order chi connectivity index (χ0) is 19.6. The van der Waals surface area contributed by atoms with Crippen LogP contribution in [0, 0.1) is 12.8 Å². The number of nitrogens with zero attached hydrogens (tertiary/aromatic N) is 4. The Morgan fingerprint density at radius 2 is 2.07 bits per heavy atom. The van der Waals surface area contributed by atoms with E-state index in [0.717, 1.165) is 48.6 Å². The maximum absolute atomic E-state index is 11.8. The number of carbonyl (C=O) groups is 1. The van der Waals surface area contributed by atoms with Gasteiger partial charge in [-0.15, -0.1) is 10.2 Å². The molecule has 0 saturated heterocycles. The molecule has 27 heavy (non-hydrogen) atoms. The molecule has 1 aliphatic rings. The van der Waals surface area contributed by atoms with Crippen LogP contribution in [0.4, 0.5) is 4.79 Å². The summed E-state index contributed by atoms with van der Waals surface area (Å²) in [4.78, 5) is 15.8. The second-order valence-corrected chi connectivity index (χ2v) is 8.17. The summed E-state index contributed by atoms with van der Waals surface area (Å²) in [6.45, 7) is 7.55. The third-order valence-corrected chi connectivity index (χ3v) is 4.79. The van der Waals surface area contributed by atoms with E-state index in [0.29, 0.717) is 0 Å². The molecule has 1 aliphatic carbocycles. The van der Waals surface area contributed by atoms with Crippen molar-refractivity contribution in [1.29, 1.82) is 0 Å². The smallest absolute Gasteiger partial charge is 0.433 e. The van der Waals surface area contributed by atoms with Crippen LogP contribution in [0.3, 0.4) is 0 Å². The van der Waals surface area contributed by atoms with E-state index in [1.165, 1.54) is 0 Å². The first-order valence-corrected chi connectivity index (χ1v) is 9.43. The number of aromatic nitrogens is 3. The Bertz CT molecular complexity index is 851. The highest BCUT2D eigenvalue weighted by Gasteiger charge is 2.27. The molecule has 7 nitrogen and oxygen atoms in total. The van der Waals surface area contributed by atoms with Crippen LogP contribution in [0.25, 0.3) is 5.65 Å². The molecular weight excluding hydrogens is 344 g/mol. The normalized spacial score (nSPS) is 20.9. The molecule has 2 aromatic heterocycles. The van der Waals surface area contributed by atoms with Gasteiger partial charge in [-0.05, 0) is 58.9 Å². The number of ether oxygens (including phenoxy) is 2. The summed E-state index contributed by atoms with van der Waals surface area (Å²) in [5, 5.41) is 8.78. The van der Waals surface area contributed by atoms with E-state index in [-0.39, 0.29) is 11.8 Å². The minimum Gasteiger partial charge on any atom is -0.497 e. The van der Waals surface area contributed by atoms with Gasteiger partial charge in [-0.2, -0.15) is 4.99 Å². The summed E-state index contributed by atoms with van der Waals surface area (Å²) >= 11 is 0. The van der Waals surface area contributed by atoms with E-state index in [2.05, 4.69) is 19.6 Å². The Kier molecular flexibility index (Phi) is 5.48. The van der Waals surface area contributed by atoms with Crippen LogP contribution >= 0.6 is 0 Å². The van der Waals surface area contributed by atoms with Gasteiger partial charge in [0.25, 0.3) is 0 Å². The third kappa shape index (κ3) is 4.64. The van der Waals surface area contributed by atoms with Gasteiger partial charge in [0.05, 0.1) is 7.11 Å². The molecule has 0 bridgehead atoms. The lowest BCUT2D eigenvalue weighted by Gasteiger charge is -2.26. The molecule has 0 radical (unpaired) electrons. The monoisotopic (exact) mass is 372 g/mol. The van der Waals surface area contributed by atoms with Crippen LogP contribution < -0.4 is 4.74 Å². The average molecular weight is 372 g/mol. The van der Waals surface area contributed by atoms with Gasteiger partial charge in [-0.25, -0.2) is 4.79 Å². The van der Waals surface area contributed by atoms with Crippen molar-refractivity contribution in [2.75, 3.05) is 7.11 Å². The summed E-state index contributed by atoms with van der Waals surface area (Å²) in [5.41, 5.74) is 1.32. The highest BCUT2D eigenvalue weighted by molar-refractivity contribution is 5.80. The van der Waals surface area contributed by atoms with Crippen LogP contribution in [0.5, 0.6) is 5.75 Å². The Morgan fingerprint density at radius 1 is 1.30 bits per heavy atom. The average Bonchev–Trinajstić information content (AvgIpc) is 3.03. The lowest BCUT2D eigenvalue weighted by Crippen LogP contribution is -2.23. The number of aliphatic imine (C=N–C) groups is 1. The predicted molar refractivity (Wildman–Crippen MR) is 104 cm³/mol. The number of carbonyl (C=O) groups excluding carboxylic acids is 1. The van der Waals surface area contributed by atoms with Crippen LogP contribution in [0.15, 0.2) is 17.1 Å². The minimum atomic E-state index is -0.527. The summed E-state index contributed by atoms with van der Waals surface area (Å²) in [6, 6.07) is 3.89. The predicted octanol–water partition coefficient (Wildman–Crippen LogP) is 4.33. The lowest BCUT2D eigenvalue weighted by atomic mass is 9.81. The zero-order valence-electron chi connectivity index (χ0n) is 16.7. The van der Waals surface area contributed by atoms with Gasteiger partial charge in [-0.3, -0.25) is 4.40 Å². The molecule has 0 aliphatic heterocycles. The largest absolute Gasteiger partial charge is 0.497 e. The van der Waals surface area contributed by atoms with Gasteiger partial charge in [0.2, 0.25) is 0 Å². The van der Waals surface area contributed by atoms with Crippen molar-refractivity contribution in [3.63, 3.8) is 0 Å². The molecule has 2 aromatic rings. The number of hydrogen-bond donors (Lipinski definition) is 0. The fourth-order valence-corrected chi connectivity index (χ4v) is 3.64. The molecule has 0 aromatic carbocycles. The Balaban J connectivity index is 1.75. The molecule has 1 fully saturated rings. The minimum absolute atomic E-state index is 0.238. The third-order valence-electron chi connectivity index (χ3n) is 4.79. The number of pyridine rings is 1. The van der Waals surface area contributed by atoms with Crippen LogP contribution in [0.2, 0.25) is 0 Å². The number of amides is 1.